The molecule has 5 N–H and O–H groups in total. The summed E-state index contributed by atoms with van der Waals surface area (Å²) in [7, 11) is 2.62. The van der Waals surface area contributed by atoms with Crippen molar-refractivity contribution in [3.8, 4) is 0 Å². The number of aliphatic hydroxyl groups excluding tert-OH is 2. The largest absolute Gasteiger partial charge is 0.483 e. The molecule has 1 aromatic rings. The van der Waals surface area contributed by atoms with Gasteiger partial charge in [-0.05, 0) is 36.3 Å². The molecule has 0 spiro atoms. The van der Waals surface area contributed by atoms with Crippen LogP contribution in [0.4, 0.5) is 0 Å². The molecule has 0 fully saturated rings. The summed E-state index contributed by atoms with van der Waals surface area (Å²) < 4.78 is 5.15. The van der Waals surface area contributed by atoms with Crippen LogP contribution in [0, 0.1) is 0 Å². The van der Waals surface area contributed by atoms with Crippen LogP contribution in [0.1, 0.15) is 75.8 Å². The highest BCUT2D eigenvalue weighted by molar-refractivity contribution is 5.32. The number of benzene rings is 1. The maximum absolute atomic E-state index is 9.53. The van der Waals surface area contributed by atoms with E-state index in [0.29, 0.717) is 18.9 Å². The van der Waals surface area contributed by atoms with Gasteiger partial charge in [-0.2, -0.15) is 0 Å². The van der Waals surface area contributed by atoms with Crippen molar-refractivity contribution in [1.82, 2.24) is 0 Å². The number of carboxylic acid groups (broad SMARTS) is 1. The van der Waals surface area contributed by atoms with E-state index >= 15 is 0 Å². The maximum Gasteiger partial charge on any atom is 0.290 e. The van der Waals surface area contributed by atoms with Crippen molar-refractivity contribution in [2.24, 2.45) is 5.73 Å². The molecule has 0 saturated heterocycles. The maximum atomic E-state index is 9.53. The van der Waals surface area contributed by atoms with Crippen LogP contribution in [0.3, 0.4) is 0 Å². The second kappa shape index (κ2) is 19.8. The van der Waals surface area contributed by atoms with E-state index in [9.17, 15) is 5.11 Å². The van der Waals surface area contributed by atoms with E-state index < -0.39 is 5.54 Å². The molecule has 0 aliphatic rings. The number of nitrogens with two attached hydrogens (primary N) is 1. The summed E-state index contributed by atoms with van der Waals surface area (Å²) >= 11 is 0. The number of rotatable bonds is 13. The minimum atomic E-state index is -0.661. The number of hydrogen-bond donors (Lipinski definition) is 4. The third-order valence-corrected chi connectivity index (χ3v) is 4.83. The Kier molecular flexibility index (Phi) is 20.3. The summed E-state index contributed by atoms with van der Waals surface area (Å²) in [6.07, 6.45) is 9.92. The van der Waals surface area contributed by atoms with E-state index in [1.54, 1.807) is 7.11 Å². The van der Waals surface area contributed by atoms with Gasteiger partial charge in [0.05, 0.1) is 18.8 Å². The number of aryl methyl sites for hydroxylation is 1. The summed E-state index contributed by atoms with van der Waals surface area (Å²) in [6.45, 7) is 4.49. The summed E-state index contributed by atoms with van der Waals surface area (Å²) in [5, 5.41) is 23.4. The quantitative estimate of drug-likeness (QED) is 0.289. The fourth-order valence-corrected chi connectivity index (χ4v) is 3.31. The van der Waals surface area contributed by atoms with Crippen LogP contribution in [-0.2, 0) is 16.0 Å². The van der Waals surface area contributed by atoms with Gasteiger partial charge in [0, 0.05) is 14.2 Å². The molecular weight excluding hydrogens is 370 g/mol. The second-order valence-electron chi connectivity index (χ2n) is 7.42. The lowest BCUT2D eigenvalue weighted by atomic mass is 9.86. The average Bonchev–Trinajstić information content (AvgIpc) is 2.73. The van der Waals surface area contributed by atoms with E-state index in [1.807, 2.05) is 0 Å². The van der Waals surface area contributed by atoms with Gasteiger partial charge in [0.15, 0.2) is 0 Å². The Bertz CT molecular complexity index is 481. The highest BCUT2D eigenvalue weighted by Crippen LogP contribution is 2.25. The van der Waals surface area contributed by atoms with E-state index in [4.69, 9.17) is 25.5 Å². The molecule has 0 amide bonds. The lowest BCUT2D eigenvalue weighted by molar-refractivity contribution is -0.122. The Labute approximate surface area is 177 Å². The van der Waals surface area contributed by atoms with Crippen molar-refractivity contribution < 1.29 is 24.9 Å². The van der Waals surface area contributed by atoms with Crippen LogP contribution in [-0.4, -0.2) is 54.8 Å². The zero-order chi connectivity index (χ0) is 22.5. The molecule has 0 bridgehead atoms. The predicted molar refractivity (Wildman–Crippen MR) is 119 cm³/mol. The third-order valence-electron chi connectivity index (χ3n) is 4.83. The first-order valence-corrected chi connectivity index (χ1v) is 10.5. The molecule has 0 heterocycles. The van der Waals surface area contributed by atoms with Crippen molar-refractivity contribution in [3.05, 3.63) is 35.4 Å². The second-order valence-corrected chi connectivity index (χ2v) is 7.42. The molecule has 6 nitrogen and oxygen atoms in total. The van der Waals surface area contributed by atoms with Crippen LogP contribution in [0.15, 0.2) is 24.3 Å². The van der Waals surface area contributed by atoms with E-state index in [0.717, 1.165) is 7.11 Å². The Morgan fingerprint density at radius 1 is 1.10 bits per heavy atom. The first kappa shape index (κ1) is 29.7. The van der Waals surface area contributed by atoms with Gasteiger partial charge in [-0.25, -0.2) is 0 Å². The van der Waals surface area contributed by atoms with Gasteiger partial charge in [-0.1, -0.05) is 70.2 Å². The summed E-state index contributed by atoms with van der Waals surface area (Å²) in [4.78, 5) is 8.36. The van der Waals surface area contributed by atoms with Crippen LogP contribution in [0.25, 0.3) is 0 Å². The molecular formula is C23H43NO5. The smallest absolute Gasteiger partial charge is 0.290 e. The minimum absolute atomic E-state index is 0.0543. The lowest BCUT2D eigenvalue weighted by Crippen LogP contribution is -2.48. The SMILES string of the molecule is CCCCCCCCc1ccc(C(C)CC(N)(CO)COC)cc1.CO.O=CO. The molecule has 170 valence electrons. The lowest BCUT2D eigenvalue weighted by Gasteiger charge is -2.29. The third kappa shape index (κ3) is 15.1. The van der Waals surface area contributed by atoms with Crippen molar-refractivity contribution in [2.75, 3.05) is 27.4 Å². The van der Waals surface area contributed by atoms with Gasteiger partial charge in [0.25, 0.3) is 6.47 Å². The van der Waals surface area contributed by atoms with Crippen LogP contribution < -0.4 is 5.73 Å². The fraction of sp³-hybridized carbons (Fsp3) is 0.696. The van der Waals surface area contributed by atoms with Gasteiger partial charge in [-0.3, -0.25) is 4.79 Å². The van der Waals surface area contributed by atoms with Crippen molar-refractivity contribution in [2.45, 2.75) is 76.7 Å². The van der Waals surface area contributed by atoms with E-state index in [-0.39, 0.29) is 13.1 Å². The number of methoxy groups -OCH3 is 1. The highest BCUT2D eigenvalue weighted by Gasteiger charge is 2.27. The van der Waals surface area contributed by atoms with Gasteiger partial charge in [0.1, 0.15) is 0 Å². The first-order chi connectivity index (χ1) is 14.0. The van der Waals surface area contributed by atoms with Crippen molar-refractivity contribution in [1.29, 1.82) is 0 Å². The number of aliphatic hydroxyl groups is 2. The zero-order valence-electron chi connectivity index (χ0n) is 18.8. The average molecular weight is 414 g/mol. The monoisotopic (exact) mass is 413 g/mol. The fourth-order valence-electron chi connectivity index (χ4n) is 3.31. The van der Waals surface area contributed by atoms with Gasteiger partial charge in [0.2, 0.25) is 0 Å². The predicted octanol–water partition coefficient (Wildman–Crippen LogP) is 3.73. The molecule has 0 aromatic heterocycles. The number of carbonyl (C=O) groups is 1. The summed E-state index contributed by atoms with van der Waals surface area (Å²) in [6, 6.07) is 8.90. The minimum Gasteiger partial charge on any atom is -0.483 e. The van der Waals surface area contributed by atoms with E-state index in [1.165, 1.54) is 56.1 Å². The van der Waals surface area contributed by atoms with Gasteiger partial charge < -0.3 is 25.8 Å². The molecule has 6 heteroatoms. The van der Waals surface area contributed by atoms with Crippen LogP contribution >= 0.6 is 0 Å². The van der Waals surface area contributed by atoms with Crippen LogP contribution in [0.5, 0.6) is 0 Å². The molecule has 1 aromatic carbocycles. The molecule has 0 radical (unpaired) electrons. The molecule has 1 rings (SSSR count). The molecule has 0 aliphatic carbocycles. The standard InChI is InChI=1S/C21H37NO2.CH2O2.CH4O/c1-4-5-6-7-8-9-10-19-11-13-20(14-12-19)18(2)15-21(22,16-23)17-24-3;2-1-3;1-2/h11-14,18,23H,4-10,15-17,22H2,1-3H3;1H,(H,2,3);2H,1H3. The topological polar surface area (TPSA) is 113 Å². The number of unbranched alkanes of at least 4 members (excludes halogenated alkanes) is 5. The van der Waals surface area contributed by atoms with Crippen molar-refractivity contribution >= 4 is 6.47 Å². The summed E-state index contributed by atoms with van der Waals surface area (Å²) in [5.74, 6) is 0.306. The molecule has 0 aliphatic heterocycles. The normalized spacial score (nSPS) is 13.2. The van der Waals surface area contributed by atoms with Crippen molar-refractivity contribution in [3.63, 3.8) is 0 Å². The molecule has 0 saturated carbocycles. The van der Waals surface area contributed by atoms with Gasteiger partial charge >= 0.3 is 0 Å². The molecule has 2 unspecified atom stereocenters. The van der Waals surface area contributed by atoms with Gasteiger partial charge in [-0.15, -0.1) is 0 Å². The number of ether oxygens (including phenoxy) is 1. The number of hydrogen-bond acceptors (Lipinski definition) is 5. The Hall–Kier alpha value is -1.47. The van der Waals surface area contributed by atoms with Crippen LogP contribution in [0.2, 0.25) is 0 Å². The molecule has 29 heavy (non-hydrogen) atoms. The summed E-state index contributed by atoms with van der Waals surface area (Å²) in [5.41, 5.74) is 8.25. The Morgan fingerprint density at radius 2 is 1.62 bits per heavy atom. The zero-order valence-corrected chi connectivity index (χ0v) is 18.8. The Morgan fingerprint density at radius 3 is 2.10 bits per heavy atom. The molecule has 2 atom stereocenters. The van der Waals surface area contributed by atoms with E-state index in [2.05, 4.69) is 38.1 Å². The highest BCUT2D eigenvalue weighted by atomic mass is 16.5. The first-order valence-electron chi connectivity index (χ1n) is 10.5. The Balaban J connectivity index is 0.